The molecule has 1 aromatic carbocycles. The molecule has 0 radical (unpaired) electrons. The van der Waals surface area contributed by atoms with Crippen LogP contribution in [-0.4, -0.2) is 35.2 Å². The average Bonchev–Trinajstić information content (AvgIpc) is 3.27. The van der Waals surface area contributed by atoms with Crippen molar-refractivity contribution in [2.75, 3.05) is 13.2 Å². The summed E-state index contributed by atoms with van der Waals surface area (Å²) in [6.45, 7) is 5.67. The molecule has 1 aromatic rings. The van der Waals surface area contributed by atoms with Crippen molar-refractivity contribution in [3.63, 3.8) is 0 Å². The summed E-state index contributed by atoms with van der Waals surface area (Å²) in [6.07, 6.45) is 3.84. The minimum absolute atomic E-state index is 0.0235. The Morgan fingerprint density at radius 2 is 2.10 bits per heavy atom. The van der Waals surface area contributed by atoms with E-state index in [4.69, 9.17) is 5.11 Å². The second-order valence-corrected chi connectivity index (χ2v) is 5.94. The monoisotopic (exact) mass is 290 g/mol. The zero-order valence-corrected chi connectivity index (χ0v) is 13.1. The second-order valence-electron chi connectivity index (χ2n) is 5.94. The van der Waals surface area contributed by atoms with Crippen molar-refractivity contribution >= 4 is 6.03 Å². The molecule has 0 heterocycles. The van der Waals surface area contributed by atoms with Gasteiger partial charge in [0.25, 0.3) is 0 Å². The van der Waals surface area contributed by atoms with E-state index in [0.29, 0.717) is 12.6 Å². The summed E-state index contributed by atoms with van der Waals surface area (Å²) in [6, 6.07) is 6.73. The molecule has 0 saturated heterocycles. The SMILES string of the molecule is Cc1ccc(CNC(=O)N(CCCCO)C2CC2)c(C)c1. The number of carbonyl (C=O) groups excluding carboxylic acids is 1. The Morgan fingerprint density at radius 1 is 1.33 bits per heavy atom. The maximum atomic E-state index is 12.3. The number of rotatable bonds is 7. The van der Waals surface area contributed by atoms with Crippen LogP contribution in [0.15, 0.2) is 18.2 Å². The Hall–Kier alpha value is -1.55. The lowest BCUT2D eigenvalue weighted by Crippen LogP contribution is -2.41. The fourth-order valence-corrected chi connectivity index (χ4v) is 2.55. The molecule has 4 nitrogen and oxygen atoms in total. The van der Waals surface area contributed by atoms with Gasteiger partial charge in [-0.25, -0.2) is 4.79 Å². The first kappa shape index (κ1) is 15.8. The van der Waals surface area contributed by atoms with E-state index in [9.17, 15) is 4.79 Å². The number of benzene rings is 1. The van der Waals surface area contributed by atoms with Crippen LogP contribution in [0.25, 0.3) is 0 Å². The molecule has 4 heteroatoms. The Morgan fingerprint density at radius 3 is 2.71 bits per heavy atom. The molecule has 21 heavy (non-hydrogen) atoms. The predicted molar refractivity (Wildman–Crippen MR) is 84.2 cm³/mol. The number of urea groups is 1. The predicted octanol–water partition coefficient (Wildman–Crippen LogP) is 2.75. The van der Waals surface area contributed by atoms with Crippen LogP contribution in [0.3, 0.4) is 0 Å². The summed E-state index contributed by atoms with van der Waals surface area (Å²) in [5.74, 6) is 0. The minimum atomic E-state index is 0.0235. The number of nitrogens with zero attached hydrogens (tertiary/aromatic N) is 1. The van der Waals surface area contributed by atoms with Gasteiger partial charge < -0.3 is 15.3 Å². The normalized spacial score (nSPS) is 14.0. The molecule has 1 aliphatic rings. The van der Waals surface area contributed by atoms with Crippen molar-refractivity contribution in [2.45, 2.75) is 52.1 Å². The molecule has 1 saturated carbocycles. The van der Waals surface area contributed by atoms with Crippen LogP contribution in [0.2, 0.25) is 0 Å². The van der Waals surface area contributed by atoms with E-state index in [2.05, 4.69) is 37.4 Å². The molecule has 2 rings (SSSR count). The van der Waals surface area contributed by atoms with Crippen LogP contribution in [0, 0.1) is 13.8 Å². The number of unbranched alkanes of at least 4 members (excludes halogenated alkanes) is 1. The van der Waals surface area contributed by atoms with Gasteiger partial charge >= 0.3 is 6.03 Å². The largest absolute Gasteiger partial charge is 0.396 e. The third-order valence-corrected chi connectivity index (χ3v) is 3.98. The van der Waals surface area contributed by atoms with Crippen LogP contribution in [-0.2, 0) is 6.54 Å². The highest BCUT2D eigenvalue weighted by Gasteiger charge is 2.31. The minimum Gasteiger partial charge on any atom is -0.396 e. The first-order chi connectivity index (χ1) is 10.1. The van der Waals surface area contributed by atoms with E-state index in [1.807, 2.05) is 4.90 Å². The number of aliphatic hydroxyl groups is 1. The van der Waals surface area contributed by atoms with Crippen LogP contribution in [0.5, 0.6) is 0 Å². The van der Waals surface area contributed by atoms with Gasteiger partial charge in [-0.3, -0.25) is 0 Å². The lowest BCUT2D eigenvalue weighted by atomic mass is 10.1. The van der Waals surface area contributed by atoms with Crippen molar-refractivity contribution in [1.29, 1.82) is 0 Å². The van der Waals surface area contributed by atoms with E-state index in [1.54, 1.807) is 0 Å². The molecule has 1 fully saturated rings. The summed E-state index contributed by atoms with van der Waals surface area (Å²) < 4.78 is 0. The molecule has 2 N–H and O–H groups in total. The topological polar surface area (TPSA) is 52.6 Å². The fraction of sp³-hybridized carbons (Fsp3) is 0.588. The molecule has 0 spiro atoms. The molecule has 0 aliphatic heterocycles. The van der Waals surface area contributed by atoms with E-state index in [1.165, 1.54) is 16.7 Å². The van der Waals surface area contributed by atoms with Crippen molar-refractivity contribution in [1.82, 2.24) is 10.2 Å². The highest BCUT2D eigenvalue weighted by molar-refractivity contribution is 5.75. The van der Waals surface area contributed by atoms with Crippen LogP contribution in [0.1, 0.15) is 42.4 Å². The fourth-order valence-electron chi connectivity index (χ4n) is 2.55. The number of aliphatic hydroxyl groups excluding tert-OH is 1. The third-order valence-electron chi connectivity index (χ3n) is 3.98. The highest BCUT2D eigenvalue weighted by atomic mass is 16.3. The molecule has 1 aliphatic carbocycles. The third kappa shape index (κ3) is 4.74. The van der Waals surface area contributed by atoms with Gasteiger partial charge in [-0.2, -0.15) is 0 Å². The maximum absolute atomic E-state index is 12.3. The van der Waals surface area contributed by atoms with Gasteiger partial charge in [-0.05, 0) is 50.7 Å². The van der Waals surface area contributed by atoms with E-state index < -0.39 is 0 Å². The van der Waals surface area contributed by atoms with Crippen molar-refractivity contribution in [2.24, 2.45) is 0 Å². The summed E-state index contributed by atoms with van der Waals surface area (Å²) in [5.41, 5.74) is 3.62. The van der Waals surface area contributed by atoms with Gasteiger partial charge in [0.1, 0.15) is 0 Å². The smallest absolute Gasteiger partial charge is 0.317 e. The number of carbonyl (C=O) groups is 1. The highest BCUT2D eigenvalue weighted by Crippen LogP contribution is 2.27. The standard InChI is InChI=1S/C17H26N2O2/c1-13-5-6-15(14(2)11-13)12-18-17(21)19(16-7-8-16)9-3-4-10-20/h5-6,11,16,20H,3-4,7-10,12H2,1-2H3,(H,18,21). The number of nitrogens with one attached hydrogen (secondary N) is 1. The van der Waals surface area contributed by atoms with E-state index >= 15 is 0 Å². The Bertz CT molecular complexity index is 484. The zero-order chi connectivity index (χ0) is 15.2. The lowest BCUT2D eigenvalue weighted by Gasteiger charge is -2.23. The molecule has 2 amide bonds. The van der Waals surface area contributed by atoms with E-state index in [-0.39, 0.29) is 12.6 Å². The van der Waals surface area contributed by atoms with Gasteiger partial charge in [0.05, 0.1) is 0 Å². The maximum Gasteiger partial charge on any atom is 0.317 e. The van der Waals surface area contributed by atoms with Crippen molar-refractivity contribution in [3.05, 3.63) is 34.9 Å². The van der Waals surface area contributed by atoms with Crippen LogP contribution >= 0.6 is 0 Å². The Kier molecular flexibility index (Phi) is 5.62. The number of hydrogen-bond donors (Lipinski definition) is 2. The Balaban J connectivity index is 1.86. The summed E-state index contributed by atoms with van der Waals surface area (Å²) in [4.78, 5) is 14.3. The molecular formula is C17H26N2O2. The van der Waals surface area contributed by atoms with Crippen molar-refractivity contribution < 1.29 is 9.90 Å². The van der Waals surface area contributed by atoms with Crippen LogP contribution < -0.4 is 5.32 Å². The number of hydrogen-bond acceptors (Lipinski definition) is 2. The number of aryl methyl sites for hydroxylation is 2. The zero-order valence-electron chi connectivity index (χ0n) is 13.1. The van der Waals surface area contributed by atoms with Gasteiger partial charge in [0.2, 0.25) is 0 Å². The summed E-state index contributed by atoms with van der Waals surface area (Å²) in [5, 5.41) is 11.9. The van der Waals surface area contributed by atoms with E-state index in [0.717, 1.165) is 32.2 Å². The number of amides is 2. The molecular weight excluding hydrogens is 264 g/mol. The molecule has 0 bridgehead atoms. The second kappa shape index (κ2) is 7.46. The summed E-state index contributed by atoms with van der Waals surface area (Å²) >= 11 is 0. The quantitative estimate of drug-likeness (QED) is 0.759. The lowest BCUT2D eigenvalue weighted by molar-refractivity contribution is 0.190. The molecule has 0 aromatic heterocycles. The molecule has 116 valence electrons. The Labute approximate surface area is 127 Å². The summed E-state index contributed by atoms with van der Waals surface area (Å²) in [7, 11) is 0. The molecule has 0 unspecified atom stereocenters. The van der Waals surface area contributed by atoms with Gasteiger partial charge in [0.15, 0.2) is 0 Å². The van der Waals surface area contributed by atoms with Gasteiger partial charge in [-0.1, -0.05) is 23.8 Å². The first-order valence-electron chi connectivity index (χ1n) is 7.83. The van der Waals surface area contributed by atoms with Gasteiger partial charge in [0, 0.05) is 25.7 Å². The average molecular weight is 290 g/mol. The molecule has 0 atom stereocenters. The van der Waals surface area contributed by atoms with Gasteiger partial charge in [-0.15, -0.1) is 0 Å². The van der Waals surface area contributed by atoms with Crippen molar-refractivity contribution in [3.8, 4) is 0 Å². The van der Waals surface area contributed by atoms with Crippen LogP contribution in [0.4, 0.5) is 4.79 Å². The first-order valence-corrected chi connectivity index (χ1v) is 7.83.